The van der Waals surface area contributed by atoms with Crippen molar-refractivity contribution in [1.29, 1.82) is 0 Å². The lowest BCUT2D eigenvalue weighted by atomic mass is 9.98. The molecule has 0 bridgehead atoms. The molecule has 1 rings (SSSR count). The largest absolute Gasteiger partial charge is 0.444 e. The predicted molar refractivity (Wildman–Crippen MR) is 68.8 cm³/mol. The second kappa shape index (κ2) is 5.71. The van der Waals surface area contributed by atoms with Gasteiger partial charge in [0.2, 0.25) is 5.91 Å². The molecule has 1 aliphatic carbocycles. The van der Waals surface area contributed by atoms with Crippen molar-refractivity contribution in [3.63, 3.8) is 0 Å². The molecule has 100 valence electrons. The predicted octanol–water partition coefficient (Wildman–Crippen LogP) is 1.64. The molecule has 18 heavy (non-hydrogen) atoms. The van der Waals surface area contributed by atoms with Gasteiger partial charge in [0.25, 0.3) is 0 Å². The number of rotatable bonds is 3. The molecule has 5 heteroatoms. The van der Waals surface area contributed by atoms with E-state index in [1.165, 1.54) is 0 Å². The highest BCUT2D eigenvalue weighted by Gasteiger charge is 2.25. The molecule has 2 amide bonds. The Kier molecular flexibility index (Phi) is 4.53. The van der Waals surface area contributed by atoms with Crippen molar-refractivity contribution in [2.75, 3.05) is 0 Å². The van der Waals surface area contributed by atoms with Gasteiger partial charge < -0.3 is 15.8 Å². The topological polar surface area (TPSA) is 81.4 Å². The Morgan fingerprint density at radius 2 is 2.06 bits per heavy atom. The summed E-state index contributed by atoms with van der Waals surface area (Å²) < 4.78 is 5.11. The Morgan fingerprint density at radius 3 is 2.50 bits per heavy atom. The third kappa shape index (κ3) is 4.61. The first-order valence-corrected chi connectivity index (χ1v) is 5.92. The molecule has 5 nitrogen and oxygen atoms in total. The quantitative estimate of drug-likeness (QED) is 0.749. The van der Waals surface area contributed by atoms with E-state index in [0.717, 1.165) is 12.0 Å². The van der Waals surface area contributed by atoms with E-state index >= 15 is 0 Å². The summed E-state index contributed by atoms with van der Waals surface area (Å²) in [6.07, 6.45) is 6.56. The van der Waals surface area contributed by atoms with E-state index < -0.39 is 23.6 Å². The molecule has 3 N–H and O–H groups in total. The van der Waals surface area contributed by atoms with E-state index in [1.54, 1.807) is 20.8 Å². The SMILES string of the molecule is CC(C)(C)OC(=O)NC(C(N)=O)C1=CCC=CC1. The number of nitrogens with two attached hydrogens (primary N) is 1. The van der Waals surface area contributed by atoms with Crippen LogP contribution in [0, 0.1) is 0 Å². The number of nitrogens with one attached hydrogen (secondary N) is 1. The van der Waals surface area contributed by atoms with Gasteiger partial charge in [0.15, 0.2) is 0 Å². The van der Waals surface area contributed by atoms with Crippen LogP contribution in [-0.4, -0.2) is 23.6 Å². The zero-order valence-corrected chi connectivity index (χ0v) is 11.0. The minimum atomic E-state index is -0.801. The average molecular weight is 252 g/mol. The van der Waals surface area contributed by atoms with Crippen LogP contribution in [0.5, 0.6) is 0 Å². The number of allylic oxidation sites excluding steroid dienone is 3. The van der Waals surface area contributed by atoms with Crippen LogP contribution in [-0.2, 0) is 9.53 Å². The van der Waals surface area contributed by atoms with Crippen LogP contribution in [0.1, 0.15) is 33.6 Å². The Morgan fingerprint density at radius 1 is 1.39 bits per heavy atom. The fourth-order valence-electron chi connectivity index (χ4n) is 1.63. The fraction of sp³-hybridized carbons (Fsp3) is 0.538. The number of hydrogen-bond donors (Lipinski definition) is 2. The number of ether oxygens (including phenoxy) is 1. The van der Waals surface area contributed by atoms with E-state index in [9.17, 15) is 9.59 Å². The Balaban J connectivity index is 2.67. The van der Waals surface area contributed by atoms with Crippen molar-refractivity contribution in [1.82, 2.24) is 5.32 Å². The van der Waals surface area contributed by atoms with Gasteiger partial charge in [-0.3, -0.25) is 4.79 Å². The highest BCUT2D eigenvalue weighted by Crippen LogP contribution is 2.16. The molecule has 0 aliphatic heterocycles. The minimum absolute atomic E-state index is 0.581. The second-order valence-electron chi connectivity index (χ2n) is 5.17. The van der Waals surface area contributed by atoms with Gasteiger partial charge in [-0.25, -0.2) is 4.79 Å². The van der Waals surface area contributed by atoms with Crippen LogP contribution in [0.15, 0.2) is 23.8 Å². The normalized spacial score (nSPS) is 16.7. The van der Waals surface area contributed by atoms with E-state index in [2.05, 4.69) is 5.32 Å². The molecule has 0 fully saturated rings. The van der Waals surface area contributed by atoms with Gasteiger partial charge in [-0.1, -0.05) is 18.2 Å². The monoisotopic (exact) mass is 252 g/mol. The summed E-state index contributed by atoms with van der Waals surface area (Å²) in [4.78, 5) is 23.0. The molecule has 0 aromatic carbocycles. The molecule has 0 aromatic rings. The van der Waals surface area contributed by atoms with Crippen LogP contribution < -0.4 is 11.1 Å². The number of carbonyl (C=O) groups is 2. The number of carbonyl (C=O) groups excluding carboxylic acids is 2. The third-order valence-corrected chi connectivity index (χ3v) is 2.35. The molecule has 1 unspecified atom stereocenters. The Bertz CT molecular complexity index is 392. The molecule has 0 spiro atoms. The standard InChI is InChI=1S/C13H20N2O3/c1-13(2,3)18-12(17)15-10(11(14)16)9-7-5-4-6-8-9/h4-5,8,10H,6-7H2,1-3H3,(H2,14,16)(H,15,17). The van der Waals surface area contributed by atoms with E-state index in [0.29, 0.717) is 6.42 Å². The van der Waals surface area contributed by atoms with Gasteiger partial charge in [0.1, 0.15) is 11.6 Å². The first-order valence-electron chi connectivity index (χ1n) is 5.92. The molecule has 0 heterocycles. The highest BCUT2D eigenvalue weighted by atomic mass is 16.6. The van der Waals surface area contributed by atoms with Crippen LogP contribution in [0.4, 0.5) is 4.79 Å². The zero-order valence-electron chi connectivity index (χ0n) is 11.0. The minimum Gasteiger partial charge on any atom is -0.444 e. The van der Waals surface area contributed by atoms with Crippen molar-refractivity contribution in [3.8, 4) is 0 Å². The zero-order chi connectivity index (χ0) is 13.8. The van der Waals surface area contributed by atoms with E-state index in [1.807, 2.05) is 18.2 Å². The third-order valence-electron chi connectivity index (χ3n) is 2.35. The van der Waals surface area contributed by atoms with E-state index in [4.69, 9.17) is 10.5 Å². The summed E-state index contributed by atoms with van der Waals surface area (Å²) in [5, 5.41) is 2.50. The molecule has 0 radical (unpaired) electrons. The molecule has 0 aromatic heterocycles. The summed E-state index contributed by atoms with van der Waals surface area (Å²) in [7, 11) is 0. The highest BCUT2D eigenvalue weighted by molar-refractivity contribution is 5.87. The average Bonchev–Trinajstić information content (AvgIpc) is 2.24. The van der Waals surface area contributed by atoms with Crippen molar-refractivity contribution < 1.29 is 14.3 Å². The molecular formula is C13H20N2O3. The molecule has 1 atom stereocenters. The van der Waals surface area contributed by atoms with E-state index in [-0.39, 0.29) is 0 Å². The molecule has 1 aliphatic rings. The smallest absolute Gasteiger partial charge is 0.408 e. The molecule has 0 saturated heterocycles. The molecule has 0 saturated carbocycles. The van der Waals surface area contributed by atoms with Gasteiger partial charge in [-0.15, -0.1) is 0 Å². The van der Waals surface area contributed by atoms with Crippen LogP contribution in [0.2, 0.25) is 0 Å². The Hall–Kier alpha value is -1.78. The lowest BCUT2D eigenvalue weighted by molar-refractivity contribution is -0.119. The van der Waals surface area contributed by atoms with Gasteiger partial charge >= 0.3 is 6.09 Å². The first kappa shape index (κ1) is 14.3. The number of alkyl carbamates (subject to hydrolysis) is 1. The number of primary amides is 1. The van der Waals surface area contributed by atoms with Crippen molar-refractivity contribution in [2.24, 2.45) is 5.73 Å². The van der Waals surface area contributed by atoms with Gasteiger partial charge in [-0.05, 0) is 39.2 Å². The van der Waals surface area contributed by atoms with Crippen LogP contribution in [0.3, 0.4) is 0 Å². The number of amides is 2. The fourth-order valence-corrected chi connectivity index (χ4v) is 1.63. The van der Waals surface area contributed by atoms with Gasteiger partial charge in [0.05, 0.1) is 0 Å². The van der Waals surface area contributed by atoms with Crippen molar-refractivity contribution in [2.45, 2.75) is 45.3 Å². The summed E-state index contributed by atoms with van der Waals surface area (Å²) in [5.41, 5.74) is 5.50. The van der Waals surface area contributed by atoms with Gasteiger partial charge in [-0.2, -0.15) is 0 Å². The maximum Gasteiger partial charge on any atom is 0.408 e. The summed E-state index contributed by atoms with van der Waals surface area (Å²) >= 11 is 0. The van der Waals surface area contributed by atoms with Crippen LogP contribution in [0.25, 0.3) is 0 Å². The second-order valence-corrected chi connectivity index (χ2v) is 5.17. The Labute approximate surface area is 107 Å². The summed E-state index contributed by atoms with van der Waals surface area (Å²) in [6, 6.07) is -0.801. The summed E-state index contributed by atoms with van der Waals surface area (Å²) in [6.45, 7) is 5.28. The number of hydrogen-bond acceptors (Lipinski definition) is 3. The lowest BCUT2D eigenvalue weighted by Gasteiger charge is -2.24. The maximum atomic E-state index is 11.6. The van der Waals surface area contributed by atoms with Gasteiger partial charge in [0, 0.05) is 0 Å². The lowest BCUT2D eigenvalue weighted by Crippen LogP contribution is -2.47. The first-order chi connectivity index (χ1) is 8.29. The van der Waals surface area contributed by atoms with Crippen LogP contribution >= 0.6 is 0 Å². The maximum absolute atomic E-state index is 11.6. The van der Waals surface area contributed by atoms with Crippen molar-refractivity contribution in [3.05, 3.63) is 23.8 Å². The molecular weight excluding hydrogens is 232 g/mol. The van der Waals surface area contributed by atoms with Crippen molar-refractivity contribution >= 4 is 12.0 Å². The summed E-state index contributed by atoms with van der Waals surface area (Å²) in [5.74, 6) is -0.581.